The van der Waals surface area contributed by atoms with Gasteiger partial charge in [-0.15, -0.1) is 0 Å². The Morgan fingerprint density at radius 3 is 2.44 bits per heavy atom. The molecule has 0 aliphatic rings. The highest BCUT2D eigenvalue weighted by molar-refractivity contribution is 5.76. The fraction of sp³-hybridized carbons (Fsp3) is 0.500. The number of carbonyl (C=O) groups excluding carboxylic acids is 1. The van der Waals surface area contributed by atoms with E-state index in [1.807, 2.05) is 45.0 Å². The molecule has 4 heteroatoms. The highest BCUT2D eigenvalue weighted by Gasteiger charge is 2.10. The summed E-state index contributed by atoms with van der Waals surface area (Å²) in [5.74, 6) is 0.821. The van der Waals surface area contributed by atoms with Gasteiger partial charge in [0.05, 0.1) is 12.6 Å². The van der Waals surface area contributed by atoms with Gasteiger partial charge in [0, 0.05) is 12.5 Å². The van der Waals surface area contributed by atoms with E-state index in [-0.39, 0.29) is 18.0 Å². The Bertz CT molecular complexity index is 374. The lowest BCUT2D eigenvalue weighted by Gasteiger charge is -2.15. The molecule has 1 aromatic carbocycles. The molecule has 0 fully saturated rings. The summed E-state index contributed by atoms with van der Waals surface area (Å²) in [6.07, 6.45) is 0.349. The largest absolute Gasteiger partial charge is 0.494 e. The molecule has 100 valence electrons. The van der Waals surface area contributed by atoms with Gasteiger partial charge >= 0.3 is 0 Å². The van der Waals surface area contributed by atoms with Crippen LogP contribution in [-0.4, -0.2) is 18.6 Å². The van der Waals surface area contributed by atoms with Crippen LogP contribution in [0, 0.1) is 0 Å². The zero-order valence-electron chi connectivity index (χ0n) is 11.3. The summed E-state index contributed by atoms with van der Waals surface area (Å²) < 4.78 is 5.37. The zero-order valence-corrected chi connectivity index (χ0v) is 11.3. The highest BCUT2D eigenvalue weighted by Crippen LogP contribution is 2.17. The maximum absolute atomic E-state index is 11.6. The van der Waals surface area contributed by atoms with E-state index in [1.54, 1.807) is 0 Å². The number of benzene rings is 1. The smallest absolute Gasteiger partial charge is 0.222 e. The van der Waals surface area contributed by atoms with Crippen molar-refractivity contribution in [3.05, 3.63) is 29.8 Å². The standard InChI is InChI=1S/C14H22N2O2/c1-4-18-13-7-5-12(6-8-13)11(3)16-14(17)9-10(2)15/h5-8,10-11H,4,9,15H2,1-3H3,(H,16,17). The van der Waals surface area contributed by atoms with Crippen molar-refractivity contribution in [1.29, 1.82) is 0 Å². The van der Waals surface area contributed by atoms with Gasteiger partial charge in [-0.2, -0.15) is 0 Å². The first-order valence-corrected chi connectivity index (χ1v) is 6.30. The Labute approximate surface area is 109 Å². The van der Waals surface area contributed by atoms with Gasteiger partial charge in [0.1, 0.15) is 5.75 Å². The molecular weight excluding hydrogens is 228 g/mol. The van der Waals surface area contributed by atoms with Crippen LogP contribution in [0.2, 0.25) is 0 Å². The Kier molecular flexibility index (Phi) is 5.65. The Morgan fingerprint density at radius 1 is 1.33 bits per heavy atom. The van der Waals surface area contributed by atoms with Crippen molar-refractivity contribution in [2.24, 2.45) is 5.73 Å². The van der Waals surface area contributed by atoms with Gasteiger partial charge in [0.2, 0.25) is 5.91 Å². The third-order valence-corrected chi connectivity index (χ3v) is 2.58. The van der Waals surface area contributed by atoms with Crippen molar-refractivity contribution < 1.29 is 9.53 Å². The summed E-state index contributed by atoms with van der Waals surface area (Å²) in [7, 11) is 0. The van der Waals surface area contributed by atoms with E-state index in [1.165, 1.54) is 0 Å². The molecule has 0 bridgehead atoms. The number of hydrogen-bond donors (Lipinski definition) is 2. The van der Waals surface area contributed by atoms with Gasteiger partial charge in [0.15, 0.2) is 0 Å². The second-order valence-electron chi connectivity index (χ2n) is 4.47. The molecule has 18 heavy (non-hydrogen) atoms. The van der Waals surface area contributed by atoms with E-state index in [2.05, 4.69) is 5.32 Å². The highest BCUT2D eigenvalue weighted by atomic mass is 16.5. The minimum Gasteiger partial charge on any atom is -0.494 e. The van der Waals surface area contributed by atoms with Crippen LogP contribution in [-0.2, 0) is 4.79 Å². The normalized spacial score (nSPS) is 13.8. The Morgan fingerprint density at radius 2 is 1.94 bits per heavy atom. The van der Waals surface area contributed by atoms with Crippen LogP contribution in [0.15, 0.2) is 24.3 Å². The van der Waals surface area contributed by atoms with Crippen molar-refractivity contribution in [2.45, 2.75) is 39.3 Å². The molecule has 1 rings (SSSR count). The van der Waals surface area contributed by atoms with Gasteiger partial charge in [-0.1, -0.05) is 12.1 Å². The monoisotopic (exact) mass is 250 g/mol. The molecule has 0 saturated heterocycles. The van der Waals surface area contributed by atoms with Crippen LogP contribution in [0.4, 0.5) is 0 Å². The lowest BCUT2D eigenvalue weighted by molar-refractivity contribution is -0.122. The zero-order chi connectivity index (χ0) is 13.5. The quantitative estimate of drug-likeness (QED) is 0.811. The van der Waals surface area contributed by atoms with E-state index in [0.29, 0.717) is 13.0 Å². The summed E-state index contributed by atoms with van der Waals surface area (Å²) in [5.41, 5.74) is 6.64. The maximum Gasteiger partial charge on any atom is 0.222 e. The first kappa shape index (κ1) is 14.5. The van der Waals surface area contributed by atoms with Crippen molar-refractivity contribution in [2.75, 3.05) is 6.61 Å². The SMILES string of the molecule is CCOc1ccc(C(C)NC(=O)CC(C)N)cc1. The third-order valence-electron chi connectivity index (χ3n) is 2.58. The topological polar surface area (TPSA) is 64.3 Å². The minimum absolute atomic E-state index is 0.0214. The second-order valence-corrected chi connectivity index (χ2v) is 4.47. The summed E-state index contributed by atoms with van der Waals surface area (Å²) >= 11 is 0. The first-order valence-electron chi connectivity index (χ1n) is 6.30. The average Bonchev–Trinajstić information content (AvgIpc) is 2.29. The molecular formula is C14H22N2O2. The van der Waals surface area contributed by atoms with Crippen LogP contribution >= 0.6 is 0 Å². The number of rotatable bonds is 6. The predicted octanol–water partition coefficient (Wildman–Crippen LogP) is 2.00. The molecule has 1 aromatic rings. The van der Waals surface area contributed by atoms with E-state index in [4.69, 9.17) is 10.5 Å². The fourth-order valence-corrected chi connectivity index (χ4v) is 1.70. The van der Waals surface area contributed by atoms with Crippen LogP contribution in [0.5, 0.6) is 5.75 Å². The Balaban J connectivity index is 2.55. The van der Waals surface area contributed by atoms with E-state index in [0.717, 1.165) is 11.3 Å². The number of nitrogens with two attached hydrogens (primary N) is 1. The third kappa shape index (κ3) is 4.75. The number of ether oxygens (including phenoxy) is 1. The fourth-order valence-electron chi connectivity index (χ4n) is 1.70. The van der Waals surface area contributed by atoms with Gasteiger partial charge in [-0.05, 0) is 38.5 Å². The number of hydrogen-bond acceptors (Lipinski definition) is 3. The molecule has 1 amide bonds. The molecule has 0 saturated carbocycles. The van der Waals surface area contributed by atoms with Crippen LogP contribution in [0.25, 0.3) is 0 Å². The van der Waals surface area contributed by atoms with Crippen molar-refractivity contribution in [1.82, 2.24) is 5.32 Å². The molecule has 0 aromatic heterocycles. The summed E-state index contributed by atoms with van der Waals surface area (Å²) in [5, 5.41) is 2.92. The van der Waals surface area contributed by atoms with Crippen LogP contribution < -0.4 is 15.8 Å². The number of carbonyl (C=O) groups is 1. The van der Waals surface area contributed by atoms with Crippen LogP contribution in [0.1, 0.15) is 38.8 Å². The van der Waals surface area contributed by atoms with Crippen molar-refractivity contribution >= 4 is 5.91 Å². The number of amides is 1. The predicted molar refractivity (Wildman–Crippen MR) is 72.4 cm³/mol. The molecule has 4 nitrogen and oxygen atoms in total. The van der Waals surface area contributed by atoms with Crippen molar-refractivity contribution in [3.63, 3.8) is 0 Å². The lowest BCUT2D eigenvalue weighted by Crippen LogP contribution is -2.31. The maximum atomic E-state index is 11.6. The molecule has 3 N–H and O–H groups in total. The molecule has 0 spiro atoms. The average molecular weight is 250 g/mol. The van der Waals surface area contributed by atoms with Crippen LogP contribution in [0.3, 0.4) is 0 Å². The molecule has 0 aliphatic heterocycles. The Hall–Kier alpha value is -1.55. The summed E-state index contributed by atoms with van der Waals surface area (Å²) in [6, 6.07) is 7.61. The number of nitrogens with one attached hydrogen (secondary N) is 1. The van der Waals surface area contributed by atoms with E-state index < -0.39 is 0 Å². The second kappa shape index (κ2) is 7.01. The minimum atomic E-state index is -0.113. The summed E-state index contributed by atoms with van der Waals surface area (Å²) in [6.45, 7) is 6.38. The molecule has 0 radical (unpaired) electrons. The molecule has 0 aliphatic carbocycles. The molecule has 2 unspecified atom stereocenters. The lowest BCUT2D eigenvalue weighted by atomic mass is 10.1. The van der Waals surface area contributed by atoms with E-state index in [9.17, 15) is 4.79 Å². The molecule has 0 heterocycles. The van der Waals surface area contributed by atoms with Gasteiger partial charge in [0.25, 0.3) is 0 Å². The van der Waals surface area contributed by atoms with Gasteiger partial charge in [-0.3, -0.25) is 4.79 Å². The van der Waals surface area contributed by atoms with E-state index >= 15 is 0 Å². The van der Waals surface area contributed by atoms with Gasteiger partial charge < -0.3 is 15.8 Å². The first-order chi connectivity index (χ1) is 8.52. The van der Waals surface area contributed by atoms with Crippen molar-refractivity contribution in [3.8, 4) is 5.75 Å². The molecule has 2 atom stereocenters. The summed E-state index contributed by atoms with van der Waals surface area (Å²) in [4.78, 5) is 11.6. The van der Waals surface area contributed by atoms with Gasteiger partial charge in [-0.25, -0.2) is 0 Å².